The molecule has 0 aromatic heterocycles. The van der Waals surface area contributed by atoms with E-state index in [1.807, 2.05) is 7.11 Å². The van der Waals surface area contributed by atoms with Crippen LogP contribution in [0.15, 0.2) is 0 Å². The van der Waals surface area contributed by atoms with Crippen LogP contribution in [-0.2, 0) is 9.53 Å². The number of nitrogens with zero attached hydrogens (tertiary/aromatic N) is 1. The molecule has 5 aliphatic carbocycles. The lowest BCUT2D eigenvalue weighted by Gasteiger charge is -2.74. The van der Waals surface area contributed by atoms with Crippen molar-refractivity contribution in [2.45, 2.75) is 83.5 Å². The highest BCUT2D eigenvalue weighted by molar-refractivity contribution is 5.84. The molecule has 174 valence electrons. The Hall–Kier alpha value is -0.530. The van der Waals surface area contributed by atoms with Crippen LogP contribution < -0.4 is 11.0 Å². The van der Waals surface area contributed by atoms with Crippen LogP contribution in [0, 0.1) is 46.3 Å². The Balaban J connectivity index is 1.25. The van der Waals surface area contributed by atoms with Crippen LogP contribution in [0.4, 0.5) is 0 Å². The molecular weight excluding hydrogens is 390 g/mol. The Morgan fingerprint density at radius 1 is 1.19 bits per heavy atom. The second-order valence-corrected chi connectivity index (χ2v) is 12.3. The third-order valence-corrected chi connectivity index (χ3v) is 11.1. The van der Waals surface area contributed by atoms with Gasteiger partial charge in [-0.3, -0.25) is 4.79 Å². The average molecular weight is 432 g/mol. The molecule has 0 bridgehead atoms. The predicted octanol–water partition coefficient (Wildman–Crippen LogP) is 2.52. The molecule has 31 heavy (non-hydrogen) atoms. The lowest BCUT2D eigenvalue weighted by molar-refractivity contribution is -0.310. The van der Waals surface area contributed by atoms with Crippen LogP contribution in [0.3, 0.4) is 0 Å². The molecule has 6 fully saturated rings. The molecule has 5 saturated carbocycles. The molecule has 1 heterocycles. The van der Waals surface area contributed by atoms with E-state index in [2.05, 4.69) is 29.8 Å². The van der Waals surface area contributed by atoms with Gasteiger partial charge in [0.25, 0.3) is 0 Å². The maximum atomic E-state index is 13.5. The first-order valence-electron chi connectivity index (χ1n) is 12.9. The van der Waals surface area contributed by atoms with Gasteiger partial charge in [0.05, 0.1) is 18.8 Å². The fraction of sp³-hybridized carbons (Fsp3) is 0.960. The van der Waals surface area contributed by atoms with Gasteiger partial charge in [0.2, 0.25) is 0 Å². The van der Waals surface area contributed by atoms with Gasteiger partial charge in [-0.15, -0.1) is 0 Å². The quantitative estimate of drug-likeness (QED) is 0.635. The Morgan fingerprint density at radius 2 is 2.03 bits per heavy atom. The van der Waals surface area contributed by atoms with Crippen molar-refractivity contribution in [3.05, 3.63) is 0 Å². The van der Waals surface area contributed by atoms with E-state index in [-0.39, 0.29) is 17.4 Å². The minimum Gasteiger partial charge on any atom is -0.393 e. The minimum atomic E-state index is -0.109. The van der Waals surface area contributed by atoms with Gasteiger partial charge in [-0.05, 0) is 93.3 Å². The summed E-state index contributed by atoms with van der Waals surface area (Å²) in [5.41, 5.74) is 6.83. The number of nitrogens with one attached hydrogen (secondary N) is 2. The third kappa shape index (κ3) is 2.78. The Kier molecular flexibility index (Phi) is 4.91. The predicted molar refractivity (Wildman–Crippen MR) is 118 cm³/mol. The maximum Gasteiger partial charge on any atom is 0.151 e. The molecule has 4 unspecified atom stereocenters. The molecule has 0 aromatic carbocycles. The third-order valence-electron chi connectivity index (χ3n) is 11.1. The van der Waals surface area contributed by atoms with E-state index in [4.69, 9.17) is 4.74 Å². The number of ether oxygens (including phenoxy) is 1. The number of aliphatic hydroxyl groups excluding tert-OH is 1. The SMILES string of the molecule is COC1C2C[C@]3(C)[C@@H](C(=O)CN4CC(C)NN4)CC[C@H]3[C@@H]3CC[C@H]4C[C@H](O)CC[C@@]14C23. The van der Waals surface area contributed by atoms with Gasteiger partial charge in [-0.1, -0.05) is 6.92 Å². The van der Waals surface area contributed by atoms with Crippen LogP contribution >= 0.6 is 0 Å². The monoisotopic (exact) mass is 431 g/mol. The summed E-state index contributed by atoms with van der Waals surface area (Å²) in [6, 6.07) is 0.382. The summed E-state index contributed by atoms with van der Waals surface area (Å²) >= 11 is 0. The highest BCUT2D eigenvalue weighted by Crippen LogP contribution is 2.77. The molecule has 1 aliphatic heterocycles. The van der Waals surface area contributed by atoms with Crippen molar-refractivity contribution < 1.29 is 14.6 Å². The van der Waals surface area contributed by atoms with Crippen LogP contribution in [0.2, 0.25) is 0 Å². The molecule has 1 saturated heterocycles. The number of hydrogen-bond donors (Lipinski definition) is 3. The number of carbonyl (C=O) groups excluding carboxylic acids is 1. The number of carbonyl (C=O) groups is 1. The highest BCUT2D eigenvalue weighted by atomic mass is 16.5. The van der Waals surface area contributed by atoms with Gasteiger partial charge in [0.15, 0.2) is 5.78 Å². The minimum absolute atomic E-state index is 0.109. The van der Waals surface area contributed by atoms with Gasteiger partial charge >= 0.3 is 0 Å². The number of ketones is 1. The Bertz CT molecular complexity index is 748. The number of hydrogen-bond acceptors (Lipinski definition) is 6. The second kappa shape index (κ2) is 7.23. The number of rotatable bonds is 4. The Morgan fingerprint density at radius 3 is 2.77 bits per heavy atom. The summed E-state index contributed by atoms with van der Waals surface area (Å²) in [6.07, 6.45) is 9.30. The summed E-state index contributed by atoms with van der Waals surface area (Å²) < 4.78 is 6.25. The van der Waals surface area contributed by atoms with E-state index in [1.54, 1.807) is 0 Å². The molecule has 6 nitrogen and oxygen atoms in total. The van der Waals surface area contributed by atoms with E-state index in [1.165, 1.54) is 19.3 Å². The van der Waals surface area contributed by atoms with Gasteiger partial charge in [0, 0.05) is 31.0 Å². The summed E-state index contributed by atoms with van der Waals surface area (Å²) in [6.45, 7) is 5.99. The van der Waals surface area contributed by atoms with E-state index in [0.717, 1.165) is 50.5 Å². The molecule has 0 amide bonds. The number of aliphatic hydroxyl groups is 1. The standard InChI is InChI=1S/C25H41N3O3/c1-14-12-28(27-26-14)13-21(30)20-7-6-19-17-5-4-15-10-16(29)8-9-25(15)22(17)18(23(25)31-3)11-24(19,20)2/h14-20,22-23,26-27,29H,4-13H2,1-3H3/t14?,15-,16+,17-,18?,19-,20+,22?,23?,24-,25+/m0/s1. The topological polar surface area (TPSA) is 73.8 Å². The largest absolute Gasteiger partial charge is 0.393 e. The van der Waals surface area contributed by atoms with Crippen molar-refractivity contribution in [3.8, 4) is 0 Å². The summed E-state index contributed by atoms with van der Waals surface area (Å²) in [4.78, 5) is 13.5. The highest BCUT2D eigenvalue weighted by Gasteiger charge is 2.74. The van der Waals surface area contributed by atoms with Gasteiger partial charge in [-0.25, -0.2) is 10.4 Å². The van der Waals surface area contributed by atoms with Crippen molar-refractivity contribution >= 4 is 5.78 Å². The summed E-state index contributed by atoms with van der Waals surface area (Å²) in [7, 11) is 1.92. The summed E-state index contributed by atoms with van der Waals surface area (Å²) in [5.74, 6) is 4.08. The first kappa shape index (κ1) is 21.0. The molecule has 11 atom stereocenters. The van der Waals surface area contributed by atoms with E-state index < -0.39 is 0 Å². The van der Waals surface area contributed by atoms with Crippen molar-refractivity contribution in [2.24, 2.45) is 46.3 Å². The number of methoxy groups -OCH3 is 1. The maximum absolute atomic E-state index is 13.5. The zero-order chi connectivity index (χ0) is 21.5. The summed E-state index contributed by atoms with van der Waals surface area (Å²) in [5, 5.41) is 12.4. The lowest BCUT2D eigenvalue weighted by Crippen LogP contribution is -2.74. The molecule has 1 spiro atoms. The fourth-order valence-electron chi connectivity index (χ4n) is 10.2. The van der Waals surface area contributed by atoms with Crippen molar-refractivity contribution in [2.75, 3.05) is 20.2 Å². The van der Waals surface area contributed by atoms with Gasteiger partial charge < -0.3 is 9.84 Å². The van der Waals surface area contributed by atoms with Crippen LogP contribution in [0.5, 0.6) is 0 Å². The second-order valence-electron chi connectivity index (χ2n) is 12.3. The molecule has 6 heteroatoms. The zero-order valence-corrected chi connectivity index (χ0v) is 19.5. The molecule has 0 aromatic rings. The fourth-order valence-corrected chi connectivity index (χ4v) is 10.2. The van der Waals surface area contributed by atoms with Crippen LogP contribution in [0.1, 0.15) is 65.2 Å². The van der Waals surface area contributed by atoms with E-state index in [0.29, 0.717) is 47.6 Å². The Labute approximate surface area is 186 Å². The lowest BCUT2D eigenvalue weighted by atomic mass is 9.31. The van der Waals surface area contributed by atoms with Gasteiger partial charge in [0.1, 0.15) is 0 Å². The van der Waals surface area contributed by atoms with E-state index >= 15 is 0 Å². The number of Topliss-reactive ketones (excluding diaryl/α,β-unsaturated/α-hetero) is 1. The molecular formula is C25H41N3O3. The number of fused-ring (bicyclic) bond motifs is 2. The van der Waals surface area contributed by atoms with Crippen molar-refractivity contribution in [1.82, 2.24) is 16.0 Å². The molecule has 6 rings (SSSR count). The first-order valence-corrected chi connectivity index (χ1v) is 12.9. The molecule has 6 aliphatic rings. The van der Waals surface area contributed by atoms with Crippen LogP contribution in [0.25, 0.3) is 0 Å². The molecule has 3 N–H and O–H groups in total. The van der Waals surface area contributed by atoms with E-state index in [9.17, 15) is 9.90 Å². The zero-order valence-electron chi connectivity index (χ0n) is 19.5. The molecule has 0 radical (unpaired) electrons. The van der Waals surface area contributed by atoms with Crippen molar-refractivity contribution in [3.63, 3.8) is 0 Å². The smallest absolute Gasteiger partial charge is 0.151 e. The van der Waals surface area contributed by atoms with Gasteiger partial charge in [-0.2, -0.15) is 5.53 Å². The first-order chi connectivity index (χ1) is 14.9. The normalized spacial score (nSPS) is 55.8. The van der Waals surface area contributed by atoms with Crippen LogP contribution in [-0.4, -0.2) is 54.3 Å². The number of hydrazine groups is 2. The van der Waals surface area contributed by atoms with Crippen molar-refractivity contribution in [1.29, 1.82) is 0 Å². The average Bonchev–Trinajstić information content (AvgIpc) is 3.29.